The summed E-state index contributed by atoms with van der Waals surface area (Å²) in [5.74, 6) is -0.677. The molecule has 0 spiro atoms. The van der Waals surface area contributed by atoms with E-state index in [1.54, 1.807) is 0 Å². The van der Waals surface area contributed by atoms with Gasteiger partial charge in [-0.2, -0.15) is 0 Å². The maximum absolute atomic E-state index is 12.5. The quantitative estimate of drug-likeness (QED) is 0.0529. The number of esters is 1. The Morgan fingerprint density at radius 1 is 0.538 bits per heavy atom. The number of carbonyl (C=O) groups excluding carboxylic acids is 1. The van der Waals surface area contributed by atoms with Crippen molar-refractivity contribution >= 4 is 11.9 Å². The number of carboxylic acid groups (broad SMARTS) is 1. The molecule has 1 unspecified atom stereocenters. The molecule has 0 aromatic carbocycles. The molecule has 0 aliphatic rings. The Kier molecular flexibility index (Phi) is 30.2. The summed E-state index contributed by atoms with van der Waals surface area (Å²) in [6.45, 7) is 4.50. The van der Waals surface area contributed by atoms with Crippen LogP contribution in [0.5, 0.6) is 0 Å². The fourth-order valence-corrected chi connectivity index (χ4v) is 5.18. The minimum absolute atomic E-state index is 0.0102. The maximum atomic E-state index is 12.5. The summed E-state index contributed by atoms with van der Waals surface area (Å²) < 4.78 is 5.95. The third kappa shape index (κ3) is 31.1. The molecule has 0 aromatic heterocycles. The van der Waals surface area contributed by atoms with E-state index in [0.29, 0.717) is 12.8 Å². The van der Waals surface area contributed by atoms with Crippen LogP contribution in [0.3, 0.4) is 0 Å². The van der Waals surface area contributed by atoms with Crippen LogP contribution in [0.25, 0.3) is 0 Å². The van der Waals surface area contributed by atoms with Crippen molar-refractivity contribution in [2.45, 2.75) is 200 Å². The molecule has 39 heavy (non-hydrogen) atoms. The molecule has 4 heteroatoms. The Morgan fingerprint density at radius 2 is 0.923 bits per heavy atom. The van der Waals surface area contributed by atoms with Crippen LogP contribution in [0.1, 0.15) is 194 Å². The van der Waals surface area contributed by atoms with Crippen molar-refractivity contribution in [3.63, 3.8) is 0 Å². The fourth-order valence-electron chi connectivity index (χ4n) is 5.18. The molecule has 1 N–H and O–H groups in total. The summed E-state index contributed by atoms with van der Waals surface area (Å²) in [5.41, 5.74) is 0. The standard InChI is InChI=1S/C35H66O4/c1-3-5-7-9-10-11-12-13-14-15-16-20-24-28-32-35(38)39-33(29-25-21-8-6-4-2)30-26-22-18-17-19-23-27-31-34(36)37/h11-12,33H,3-10,13-32H2,1-2H3,(H,36,37)/b12-11-. The summed E-state index contributed by atoms with van der Waals surface area (Å²) in [5, 5.41) is 8.71. The third-order valence-corrected chi connectivity index (χ3v) is 7.74. The number of rotatable bonds is 31. The predicted octanol–water partition coefficient (Wildman–Crippen LogP) is 11.5. The Labute approximate surface area is 243 Å². The van der Waals surface area contributed by atoms with Crippen molar-refractivity contribution in [1.82, 2.24) is 0 Å². The minimum atomic E-state index is -0.688. The largest absolute Gasteiger partial charge is 0.481 e. The van der Waals surface area contributed by atoms with Gasteiger partial charge in [-0.3, -0.25) is 9.59 Å². The van der Waals surface area contributed by atoms with E-state index in [1.807, 2.05) is 0 Å². The smallest absolute Gasteiger partial charge is 0.306 e. The average Bonchev–Trinajstić information content (AvgIpc) is 2.91. The molecule has 0 aromatic rings. The van der Waals surface area contributed by atoms with Crippen LogP contribution in [0.15, 0.2) is 12.2 Å². The lowest BCUT2D eigenvalue weighted by Gasteiger charge is -2.18. The summed E-state index contributed by atoms with van der Waals surface area (Å²) in [7, 11) is 0. The number of carboxylic acids is 1. The van der Waals surface area contributed by atoms with Crippen molar-refractivity contribution in [3.05, 3.63) is 12.2 Å². The molecule has 0 fully saturated rings. The number of carbonyl (C=O) groups is 2. The molecule has 0 heterocycles. The first kappa shape index (κ1) is 37.7. The number of hydrogen-bond acceptors (Lipinski definition) is 3. The minimum Gasteiger partial charge on any atom is -0.481 e. The van der Waals surface area contributed by atoms with Crippen molar-refractivity contribution in [1.29, 1.82) is 0 Å². The molecule has 0 amide bonds. The summed E-state index contributed by atoms with van der Waals surface area (Å²) in [4.78, 5) is 23.1. The molecule has 0 saturated carbocycles. The second kappa shape index (κ2) is 31.2. The van der Waals surface area contributed by atoms with E-state index < -0.39 is 5.97 Å². The fraction of sp³-hybridized carbons (Fsp3) is 0.886. The van der Waals surface area contributed by atoms with Crippen molar-refractivity contribution in [2.75, 3.05) is 0 Å². The van der Waals surface area contributed by atoms with Gasteiger partial charge in [-0.25, -0.2) is 0 Å². The lowest BCUT2D eigenvalue weighted by atomic mass is 10.0. The Bertz CT molecular complexity index is 557. The molecule has 0 rings (SSSR count). The van der Waals surface area contributed by atoms with Crippen LogP contribution < -0.4 is 0 Å². The normalized spacial score (nSPS) is 12.3. The van der Waals surface area contributed by atoms with Gasteiger partial charge >= 0.3 is 11.9 Å². The van der Waals surface area contributed by atoms with Gasteiger partial charge in [-0.1, -0.05) is 129 Å². The van der Waals surface area contributed by atoms with E-state index >= 15 is 0 Å². The van der Waals surface area contributed by atoms with E-state index in [-0.39, 0.29) is 12.1 Å². The van der Waals surface area contributed by atoms with Gasteiger partial charge in [-0.05, 0) is 64.2 Å². The number of unbranched alkanes of at least 4 members (excludes halogenated alkanes) is 20. The van der Waals surface area contributed by atoms with E-state index in [9.17, 15) is 9.59 Å². The van der Waals surface area contributed by atoms with Crippen molar-refractivity contribution in [3.8, 4) is 0 Å². The Balaban J connectivity index is 3.90. The summed E-state index contributed by atoms with van der Waals surface area (Å²) in [6.07, 6.45) is 36.6. The second-order valence-corrected chi connectivity index (χ2v) is 11.7. The predicted molar refractivity (Wildman–Crippen MR) is 167 cm³/mol. The van der Waals surface area contributed by atoms with Crippen LogP contribution in [-0.4, -0.2) is 23.1 Å². The molecular formula is C35H66O4. The van der Waals surface area contributed by atoms with Gasteiger partial charge in [0, 0.05) is 12.8 Å². The molecule has 1 atom stereocenters. The average molecular weight is 551 g/mol. The molecule has 0 aliphatic carbocycles. The molecular weight excluding hydrogens is 484 g/mol. The number of hydrogen-bond donors (Lipinski definition) is 1. The maximum Gasteiger partial charge on any atom is 0.306 e. The van der Waals surface area contributed by atoms with E-state index in [2.05, 4.69) is 26.0 Å². The highest BCUT2D eigenvalue weighted by atomic mass is 16.5. The summed E-state index contributed by atoms with van der Waals surface area (Å²) in [6, 6.07) is 0. The van der Waals surface area contributed by atoms with E-state index in [4.69, 9.17) is 9.84 Å². The number of aliphatic carboxylic acids is 1. The van der Waals surface area contributed by atoms with Crippen molar-refractivity contribution in [2.24, 2.45) is 0 Å². The van der Waals surface area contributed by atoms with Gasteiger partial charge < -0.3 is 9.84 Å². The first-order valence-electron chi connectivity index (χ1n) is 17.2. The first-order chi connectivity index (χ1) is 19.1. The van der Waals surface area contributed by atoms with Crippen LogP contribution >= 0.6 is 0 Å². The molecule has 0 aliphatic heterocycles. The highest BCUT2D eigenvalue weighted by Crippen LogP contribution is 2.18. The molecule has 0 bridgehead atoms. The van der Waals surface area contributed by atoms with Crippen LogP contribution in [0.2, 0.25) is 0 Å². The van der Waals surface area contributed by atoms with Crippen molar-refractivity contribution < 1.29 is 19.4 Å². The topological polar surface area (TPSA) is 63.6 Å². The monoisotopic (exact) mass is 550 g/mol. The Hall–Kier alpha value is -1.32. The molecule has 230 valence electrons. The van der Waals surface area contributed by atoms with E-state index in [1.165, 1.54) is 109 Å². The van der Waals surface area contributed by atoms with Crippen LogP contribution in [-0.2, 0) is 14.3 Å². The zero-order valence-corrected chi connectivity index (χ0v) is 26.2. The van der Waals surface area contributed by atoms with Gasteiger partial charge in [0.2, 0.25) is 0 Å². The van der Waals surface area contributed by atoms with Crippen LogP contribution in [0, 0.1) is 0 Å². The SMILES string of the molecule is CCCCCC/C=C\CCCCCCCCC(=O)OC(CCCCCCC)CCCCCCCCCC(=O)O. The van der Waals surface area contributed by atoms with Gasteiger partial charge in [0.25, 0.3) is 0 Å². The zero-order chi connectivity index (χ0) is 28.7. The highest BCUT2D eigenvalue weighted by Gasteiger charge is 2.14. The van der Waals surface area contributed by atoms with Gasteiger partial charge in [0.1, 0.15) is 6.10 Å². The van der Waals surface area contributed by atoms with E-state index in [0.717, 1.165) is 57.8 Å². The first-order valence-corrected chi connectivity index (χ1v) is 17.2. The highest BCUT2D eigenvalue weighted by molar-refractivity contribution is 5.69. The van der Waals surface area contributed by atoms with Gasteiger partial charge in [0.05, 0.1) is 0 Å². The second-order valence-electron chi connectivity index (χ2n) is 11.7. The summed E-state index contributed by atoms with van der Waals surface area (Å²) >= 11 is 0. The van der Waals surface area contributed by atoms with Crippen LogP contribution in [0.4, 0.5) is 0 Å². The molecule has 4 nitrogen and oxygen atoms in total. The zero-order valence-electron chi connectivity index (χ0n) is 26.2. The van der Waals surface area contributed by atoms with Gasteiger partial charge in [-0.15, -0.1) is 0 Å². The van der Waals surface area contributed by atoms with Gasteiger partial charge in [0.15, 0.2) is 0 Å². The molecule has 0 radical (unpaired) electrons. The molecule has 0 saturated heterocycles. The number of allylic oxidation sites excluding steroid dienone is 2. The lowest BCUT2D eigenvalue weighted by Crippen LogP contribution is -2.18. The number of ether oxygens (including phenoxy) is 1. The lowest BCUT2D eigenvalue weighted by molar-refractivity contribution is -0.150. The third-order valence-electron chi connectivity index (χ3n) is 7.74. The Morgan fingerprint density at radius 3 is 1.41 bits per heavy atom.